The van der Waals surface area contributed by atoms with E-state index >= 15 is 0 Å². The summed E-state index contributed by atoms with van der Waals surface area (Å²) < 4.78 is 0. The first-order valence-electron chi connectivity index (χ1n) is 9.60. The van der Waals surface area contributed by atoms with Crippen molar-refractivity contribution >= 4 is 11.8 Å². The largest absolute Gasteiger partial charge is 0.478 e. The highest BCUT2D eigenvalue weighted by molar-refractivity contribution is 5.90. The summed E-state index contributed by atoms with van der Waals surface area (Å²) >= 11 is 0. The number of ketones is 1. The maximum atomic E-state index is 13.3. The number of hydrogen-bond acceptors (Lipinski definition) is 2. The molecule has 0 aliphatic heterocycles. The standard InChI is InChI=1S/C21H30O3/c1-12-10-21-11-13(12)5-6-15(21)20(4)8-7-14(18(23)24)19(2,3)16(20)9-17(21)22/h7,12-13,15-16H,5-6,8-11H2,1-4H3,(H,23,24)/t12-,13-,15-,16+,20-,21-/m1/s1. The Hall–Kier alpha value is -1.12. The van der Waals surface area contributed by atoms with Gasteiger partial charge < -0.3 is 5.11 Å². The topological polar surface area (TPSA) is 54.4 Å². The smallest absolute Gasteiger partial charge is 0.331 e. The van der Waals surface area contributed by atoms with Crippen molar-refractivity contribution in [2.45, 2.75) is 66.2 Å². The molecule has 4 rings (SSSR count). The number of carboxylic acid groups (broad SMARTS) is 1. The molecule has 6 atom stereocenters. The quantitative estimate of drug-likeness (QED) is 0.772. The third kappa shape index (κ3) is 1.79. The summed E-state index contributed by atoms with van der Waals surface area (Å²) in [6, 6.07) is 0. The third-order valence-electron chi connectivity index (χ3n) is 8.69. The molecule has 0 heterocycles. The number of aliphatic carboxylic acids is 1. The van der Waals surface area contributed by atoms with Crippen LogP contribution in [0.25, 0.3) is 0 Å². The summed E-state index contributed by atoms with van der Waals surface area (Å²) in [5.41, 5.74) is 0.0445. The van der Waals surface area contributed by atoms with Gasteiger partial charge in [0.15, 0.2) is 0 Å². The zero-order valence-corrected chi connectivity index (χ0v) is 15.4. The highest BCUT2D eigenvalue weighted by atomic mass is 16.4. The van der Waals surface area contributed by atoms with E-state index in [1.807, 2.05) is 19.9 Å². The molecule has 2 bridgehead atoms. The zero-order valence-electron chi connectivity index (χ0n) is 15.4. The number of fused-ring (bicyclic) bond motifs is 3. The van der Waals surface area contributed by atoms with E-state index in [1.54, 1.807) is 0 Å². The summed E-state index contributed by atoms with van der Waals surface area (Å²) in [7, 11) is 0. The molecule has 3 heteroatoms. The van der Waals surface area contributed by atoms with E-state index in [4.69, 9.17) is 0 Å². The van der Waals surface area contributed by atoms with Crippen LogP contribution in [-0.2, 0) is 9.59 Å². The van der Waals surface area contributed by atoms with Crippen molar-refractivity contribution in [3.63, 3.8) is 0 Å². The second kappa shape index (κ2) is 4.74. The Kier molecular flexibility index (Phi) is 3.23. The third-order valence-corrected chi connectivity index (χ3v) is 8.69. The molecule has 0 aromatic heterocycles. The first-order valence-corrected chi connectivity index (χ1v) is 9.60. The Bertz CT molecular complexity index is 641. The van der Waals surface area contributed by atoms with Crippen molar-refractivity contribution in [3.8, 4) is 0 Å². The van der Waals surface area contributed by atoms with E-state index in [1.165, 1.54) is 6.42 Å². The molecule has 3 fully saturated rings. The molecule has 0 saturated heterocycles. The van der Waals surface area contributed by atoms with Crippen molar-refractivity contribution in [3.05, 3.63) is 11.6 Å². The summed E-state index contributed by atoms with van der Waals surface area (Å²) in [6.45, 7) is 8.78. The molecule has 0 aromatic carbocycles. The Balaban J connectivity index is 1.82. The van der Waals surface area contributed by atoms with E-state index < -0.39 is 11.4 Å². The van der Waals surface area contributed by atoms with Crippen molar-refractivity contribution in [2.75, 3.05) is 0 Å². The lowest BCUT2D eigenvalue weighted by atomic mass is 9.41. The van der Waals surface area contributed by atoms with Gasteiger partial charge in [0.1, 0.15) is 5.78 Å². The van der Waals surface area contributed by atoms with Crippen LogP contribution in [0.3, 0.4) is 0 Å². The molecule has 3 nitrogen and oxygen atoms in total. The number of allylic oxidation sites excluding steroid dienone is 1. The van der Waals surface area contributed by atoms with Gasteiger partial charge in [-0.25, -0.2) is 4.79 Å². The molecule has 3 saturated carbocycles. The molecule has 1 spiro atoms. The number of Topliss-reactive ketones (excluding diaryl/α,β-unsaturated/α-hetero) is 1. The van der Waals surface area contributed by atoms with Gasteiger partial charge in [-0.2, -0.15) is 0 Å². The Morgan fingerprint density at radius 1 is 1.17 bits per heavy atom. The van der Waals surface area contributed by atoms with Crippen molar-refractivity contribution in [1.82, 2.24) is 0 Å². The summed E-state index contributed by atoms with van der Waals surface area (Å²) in [4.78, 5) is 25.1. The number of carbonyl (C=O) groups excluding carboxylic acids is 1. The van der Waals surface area contributed by atoms with Crippen LogP contribution in [0, 0.1) is 39.9 Å². The average molecular weight is 330 g/mol. The molecule has 132 valence electrons. The van der Waals surface area contributed by atoms with Gasteiger partial charge in [0.05, 0.1) is 0 Å². The minimum Gasteiger partial charge on any atom is -0.478 e. The SMILES string of the molecule is C[C@@H]1C[C@@]23C[C@H]1CC[C@@H]2[C@@]1(C)CC=C(C(=O)O)C(C)(C)[C@@H]1CC3=O. The van der Waals surface area contributed by atoms with Gasteiger partial charge in [0, 0.05) is 22.8 Å². The molecule has 24 heavy (non-hydrogen) atoms. The van der Waals surface area contributed by atoms with E-state index in [2.05, 4.69) is 13.8 Å². The highest BCUT2D eigenvalue weighted by Crippen LogP contribution is 2.70. The van der Waals surface area contributed by atoms with Crippen LogP contribution in [0.1, 0.15) is 66.2 Å². The van der Waals surface area contributed by atoms with Gasteiger partial charge in [-0.1, -0.05) is 33.8 Å². The van der Waals surface area contributed by atoms with Crippen LogP contribution < -0.4 is 0 Å². The normalized spacial score (nSPS) is 49.2. The second-order valence-electron chi connectivity index (χ2n) is 9.97. The maximum absolute atomic E-state index is 13.3. The molecule has 0 aromatic rings. The van der Waals surface area contributed by atoms with E-state index in [0.717, 1.165) is 31.6 Å². The minimum absolute atomic E-state index is 0.0609. The average Bonchev–Trinajstić information content (AvgIpc) is 2.73. The van der Waals surface area contributed by atoms with Crippen LogP contribution in [0.2, 0.25) is 0 Å². The van der Waals surface area contributed by atoms with E-state index in [0.29, 0.717) is 29.6 Å². The monoisotopic (exact) mass is 330 g/mol. The maximum Gasteiger partial charge on any atom is 0.331 e. The fourth-order valence-corrected chi connectivity index (χ4v) is 7.57. The molecule has 4 aliphatic rings. The lowest BCUT2D eigenvalue weighted by molar-refractivity contribution is -0.163. The molecule has 1 N–H and O–H groups in total. The fraction of sp³-hybridized carbons (Fsp3) is 0.810. The van der Waals surface area contributed by atoms with Crippen molar-refractivity contribution in [1.29, 1.82) is 0 Å². The Labute approximate surface area is 144 Å². The summed E-state index contributed by atoms with van der Waals surface area (Å²) in [5, 5.41) is 9.63. The molecule has 0 unspecified atom stereocenters. The van der Waals surface area contributed by atoms with Crippen LogP contribution >= 0.6 is 0 Å². The molecule has 0 amide bonds. The lowest BCUT2D eigenvalue weighted by Gasteiger charge is -2.62. The minimum atomic E-state index is -0.812. The molecular weight excluding hydrogens is 300 g/mol. The predicted molar refractivity (Wildman–Crippen MR) is 92.4 cm³/mol. The first kappa shape index (κ1) is 16.4. The van der Waals surface area contributed by atoms with Gasteiger partial charge in [-0.3, -0.25) is 4.79 Å². The van der Waals surface area contributed by atoms with Crippen LogP contribution in [0.4, 0.5) is 0 Å². The van der Waals surface area contributed by atoms with E-state index in [-0.39, 0.29) is 16.7 Å². The van der Waals surface area contributed by atoms with Gasteiger partial charge in [-0.05, 0) is 61.2 Å². The predicted octanol–water partition coefficient (Wildman–Crippen LogP) is 4.47. The number of carbonyl (C=O) groups is 2. The van der Waals surface area contributed by atoms with Gasteiger partial charge >= 0.3 is 5.97 Å². The van der Waals surface area contributed by atoms with Crippen molar-refractivity contribution in [2.24, 2.45) is 39.9 Å². The van der Waals surface area contributed by atoms with Crippen LogP contribution in [-0.4, -0.2) is 16.9 Å². The molecule has 4 aliphatic carbocycles. The Morgan fingerprint density at radius 3 is 2.54 bits per heavy atom. The van der Waals surface area contributed by atoms with Crippen molar-refractivity contribution < 1.29 is 14.7 Å². The van der Waals surface area contributed by atoms with E-state index in [9.17, 15) is 14.7 Å². The van der Waals surface area contributed by atoms with Crippen LogP contribution in [0.15, 0.2) is 11.6 Å². The molecular formula is C21H30O3. The van der Waals surface area contributed by atoms with Gasteiger partial charge in [0.25, 0.3) is 0 Å². The first-order chi connectivity index (χ1) is 11.1. The fourth-order valence-electron chi connectivity index (χ4n) is 7.57. The number of hydrogen-bond donors (Lipinski definition) is 1. The zero-order chi connectivity index (χ0) is 17.5. The Morgan fingerprint density at radius 2 is 1.88 bits per heavy atom. The second-order valence-corrected chi connectivity index (χ2v) is 9.97. The lowest BCUT2D eigenvalue weighted by Crippen LogP contribution is -2.59. The highest BCUT2D eigenvalue weighted by Gasteiger charge is 2.67. The molecule has 0 radical (unpaired) electrons. The summed E-state index contributed by atoms with van der Waals surface area (Å²) in [5.74, 6) is 1.62. The van der Waals surface area contributed by atoms with Gasteiger partial charge in [-0.15, -0.1) is 0 Å². The number of carboxylic acids is 1. The van der Waals surface area contributed by atoms with Gasteiger partial charge in [0.2, 0.25) is 0 Å². The summed E-state index contributed by atoms with van der Waals surface area (Å²) in [6.07, 6.45) is 7.94. The van der Waals surface area contributed by atoms with Crippen LogP contribution in [0.5, 0.6) is 0 Å². The number of rotatable bonds is 1.